The molecule has 0 saturated heterocycles. The lowest BCUT2D eigenvalue weighted by molar-refractivity contribution is -0.255. The number of aromatic carboxylic acids is 1. The first kappa shape index (κ1) is 20.1. The second-order valence-electron chi connectivity index (χ2n) is 6.95. The summed E-state index contributed by atoms with van der Waals surface area (Å²) in [5.41, 5.74) is 2.44. The van der Waals surface area contributed by atoms with Crippen LogP contribution in [0.25, 0.3) is 6.08 Å². The van der Waals surface area contributed by atoms with E-state index in [0.29, 0.717) is 28.2 Å². The van der Waals surface area contributed by atoms with Crippen LogP contribution in [0.15, 0.2) is 72.3 Å². The highest BCUT2D eigenvalue weighted by molar-refractivity contribution is 6.41. The Kier molecular flexibility index (Phi) is 5.37. The van der Waals surface area contributed by atoms with Gasteiger partial charge in [0.15, 0.2) is 23.1 Å². The van der Waals surface area contributed by atoms with Gasteiger partial charge in [-0.1, -0.05) is 54.6 Å². The number of hydrogen-bond acceptors (Lipinski definition) is 6. The van der Waals surface area contributed by atoms with Crippen LogP contribution in [-0.2, 0) is 6.61 Å². The molecule has 0 atom stereocenters. The van der Waals surface area contributed by atoms with Crippen molar-refractivity contribution >= 4 is 23.6 Å². The van der Waals surface area contributed by atoms with Crippen molar-refractivity contribution < 1.29 is 29.0 Å². The molecule has 0 aliphatic heterocycles. The Morgan fingerprint density at radius 2 is 1.55 bits per heavy atom. The van der Waals surface area contributed by atoms with Crippen molar-refractivity contribution in [2.75, 3.05) is 7.11 Å². The normalized spacial score (nSPS) is 12.5. The molecule has 0 saturated carbocycles. The smallest absolute Gasteiger partial charge is 0.197 e. The van der Waals surface area contributed by atoms with E-state index < -0.39 is 5.97 Å². The number of rotatable bonds is 6. The van der Waals surface area contributed by atoms with Gasteiger partial charge in [-0.2, -0.15) is 0 Å². The van der Waals surface area contributed by atoms with Crippen molar-refractivity contribution in [3.05, 3.63) is 100 Å². The summed E-state index contributed by atoms with van der Waals surface area (Å²) in [4.78, 5) is 36.0. The number of Topliss-reactive ketones (excluding diaryl/α,β-unsaturated/α-hetero) is 2. The first-order chi connectivity index (χ1) is 15.0. The highest BCUT2D eigenvalue weighted by Gasteiger charge is 2.32. The van der Waals surface area contributed by atoms with E-state index in [4.69, 9.17) is 9.47 Å². The number of ether oxygens (including phenoxy) is 2. The summed E-state index contributed by atoms with van der Waals surface area (Å²) in [6.45, 7) is 0.205. The molecule has 3 aromatic carbocycles. The number of carbonyl (C=O) groups excluding carboxylic acids is 3. The average molecular weight is 413 g/mol. The molecule has 0 aromatic heterocycles. The second-order valence-corrected chi connectivity index (χ2v) is 6.95. The third-order valence-corrected chi connectivity index (χ3v) is 4.99. The first-order valence-corrected chi connectivity index (χ1v) is 9.49. The molecule has 1 aliphatic carbocycles. The SMILES string of the molecule is COc1cc(C=C2C(=O)c3ccccc3C2=O)ccc1OCc1ccc(C(=O)[O-])cc1. The third-order valence-electron chi connectivity index (χ3n) is 4.99. The fourth-order valence-corrected chi connectivity index (χ4v) is 3.36. The van der Waals surface area contributed by atoms with Gasteiger partial charge in [0, 0.05) is 11.1 Å². The summed E-state index contributed by atoms with van der Waals surface area (Å²) in [6.07, 6.45) is 1.55. The molecular weight excluding hydrogens is 396 g/mol. The van der Waals surface area contributed by atoms with Crippen LogP contribution in [0.5, 0.6) is 11.5 Å². The van der Waals surface area contributed by atoms with Crippen LogP contribution in [0.2, 0.25) is 0 Å². The van der Waals surface area contributed by atoms with Gasteiger partial charge in [-0.25, -0.2) is 0 Å². The molecule has 0 fully saturated rings. The van der Waals surface area contributed by atoms with E-state index in [9.17, 15) is 19.5 Å². The summed E-state index contributed by atoms with van der Waals surface area (Å²) in [5, 5.41) is 10.8. The number of carboxylic acids is 1. The Hall–Kier alpha value is -4.19. The molecule has 0 bridgehead atoms. The molecule has 31 heavy (non-hydrogen) atoms. The fourth-order valence-electron chi connectivity index (χ4n) is 3.36. The van der Waals surface area contributed by atoms with E-state index in [1.165, 1.54) is 19.2 Å². The third kappa shape index (κ3) is 3.96. The lowest BCUT2D eigenvalue weighted by atomic mass is 10.1. The lowest BCUT2D eigenvalue weighted by Crippen LogP contribution is -2.22. The number of hydrogen-bond donors (Lipinski definition) is 0. The van der Waals surface area contributed by atoms with Crippen molar-refractivity contribution in [3.63, 3.8) is 0 Å². The molecule has 0 amide bonds. The molecule has 154 valence electrons. The van der Waals surface area contributed by atoms with Gasteiger partial charge < -0.3 is 19.4 Å². The number of methoxy groups -OCH3 is 1. The van der Waals surface area contributed by atoms with Gasteiger partial charge in [-0.3, -0.25) is 9.59 Å². The van der Waals surface area contributed by atoms with Gasteiger partial charge in [0.05, 0.1) is 18.7 Å². The van der Waals surface area contributed by atoms with E-state index in [0.717, 1.165) is 5.56 Å². The Bertz CT molecular complexity index is 1180. The molecule has 0 radical (unpaired) electrons. The minimum absolute atomic E-state index is 0.0943. The molecule has 0 N–H and O–H groups in total. The maximum atomic E-state index is 12.6. The van der Waals surface area contributed by atoms with Crippen molar-refractivity contribution in [3.8, 4) is 11.5 Å². The number of fused-ring (bicyclic) bond motifs is 1. The number of benzene rings is 3. The predicted octanol–water partition coefficient (Wildman–Crippen LogP) is 3.10. The van der Waals surface area contributed by atoms with Gasteiger partial charge in [0.1, 0.15) is 6.61 Å². The summed E-state index contributed by atoms with van der Waals surface area (Å²) in [7, 11) is 1.50. The highest BCUT2D eigenvalue weighted by atomic mass is 16.5. The zero-order chi connectivity index (χ0) is 22.0. The fraction of sp³-hybridized carbons (Fsp3) is 0.0800. The quantitative estimate of drug-likeness (QED) is 0.455. The summed E-state index contributed by atoms with van der Waals surface area (Å²) >= 11 is 0. The molecule has 6 heteroatoms. The average Bonchev–Trinajstić information content (AvgIpc) is 3.03. The van der Waals surface area contributed by atoms with E-state index in [1.807, 2.05) is 0 Å². The van der Waals surface area contributed by atoms with Crippen LogP contribution in [0.1, 0.15) is 42.2 Å². The lowest BCUT2D eigenvalue weighted by Gasteiger charge is -2.12. The Morgan fingerprint density at radius 3 is 2.13 bits per heavy atom. The topological polar surface area (TPSA) is 92.7 Å². The van der Waals surface area contributed by atoms with Crippen LogP contribution in [0.4, 0.5) is 0 Å². The second kappa shape index (κ2) is 8.28. The van der Waals surface area contributed by atoms with Gasteiger partial charge in [0.2, 0.25) is 0 Å². The Morgan fingerprint density at radius 1 is 0.903 bits per heavy atom. The van der Waals surface area contributed by atoms with Gasteiger partial charge in [-0.15, -0.1) is 0 Å². The summed E-state index contributed by atoms with van der Waals surface area (Å²) in [6, 6.07) is 18.1. The van der Waals surface area contributed by atoms with Crippen LogP contribution < -0.4 is 14.6 Å². The summed E-state index contributed by atoms with van der Waals surface area (Å²) < 4.78 is 11.2. The van der Waals surface area contributed by atoms with E-state index in [1.54, 1.807) is 60.7 Å². The van der Waals surface area contributed by atoms with Crippen molar-refractivity contribution in [1.29, 1.82) is 0 Å². The number of carbonyl (C=O) groups is 3. The molecule has 3 aromatic rings. The molecule has 0 unspecified atom stereocenters. The van der Waals surface area contributed by atoms with Crippen molar-refractivity contribution in [2.45, 2.75) is 6.61 Å². The van der Waals surface area contributed by atoms with Gasteiger partial charge in [0.25, 0.3) is 0 Å². The number of carboxylic acid groups (broad SMARTS) is 1. The predicted molar refractivity (Wildman–Crippen MR) is 111 cm³/mol. The zero-order valence-corrected chi connectivity index (χ0v) is 16.6. The van der Waals surface area contributed by atoms with Gasteiger partial charge >= 0.3 is 0 Å². The maximum absolute atomic E-state index is 12.6. The molecule has 0 heterocycles. The Balaban J connectivity index is 1.53. The van der Waals surface area contributed by atoms with Crippen LogP contribution in [-0.4, -0.2) is 24.6 Å². The van der Waals surface area contributed by atoms with E-state index in [-0.39, 0.29) is 29.3 Å². The number of allylic oxidation sites excluding steroid dienone is 1. The Labute approximate surface area is 178 Å². The van der Waals surface area contributed by atoms with Crippen LogP contribution >= 0.6 is 0 Å². The van der Waals surface area contributed by atoms with E-state index >= 15 is 0 Å². The zero-order valence-electron chi connectivity index (χ0n) is 16.6. The largest absolute Gasteiger partial charge is 0.545 e. The molecule has 6 nitrogen and oxygen atoms in total. The van der Waals surface area contributed by atoms with Crippen LogP contribution in [0.3, 0.4) is 0 Å². The van der Waals surface area contributed by atoms with Crippen LogP contribution in [0, 0.1) is 0 Å². The summed E-state index contributed by atoms with van der Waals surface area (Å²) in [5.74, 6) is -0.905. The maximum Gasteiger partial charge on any atom is 0.197 e. The van der Waals surface area contributed by atoms with Crippen molar-refractivity contribution in [2.24, 2.45) is 0 Å². The highest BCUT2D eigenvalue weighted by Crippen LogP contribution is 2.32. The van der Waals surface area contributed by atoms with Gasteiger partial charge in [-0.05, 0) is 34.9 Å². The van der Waals surface area contributed by atoms with Crippen molar-refractivity contribution in [1.82, 2.24) is 0 Å². The monoisotopic (exact) mass is 413 g/mol. The minimum Gasteiger partial charge on any atom is -0.545 e. The molecule has 0 spiro atoms. The number of ketones is 2. The minimum atomic E-state index is -1.24. The standard InChI is InChI=1S/C25H18O6/c1-30-22-13-16(12-20-23(26)18-4-2-3-5-19(18)24(20)27)8-11-21(22)31-14-15-6-9-17(10-7-15)25(28)29/h2-13H,14H2,1H3,(H,28,29)/p-1. The molecular formula is C25H17O6-. The molecule has 1 aliphatic rings. The first-order valence-electron chi connectivity index (χ1n) is 9.49. The van der Waals surface area contributed by atoms with E-state index in [2.05, 4.69) is 0 Å². The molecule has 4 rings (SSSR count).